The molecule has 3 rings (SSSR count). The normalized spacial score (nSPS) is 11.1. The van der Waals surface area contributed by atoms with Gasteiger partial charge in [0.05, 0.1) is 12.3 Å². The third kappa shape index (κ3) is 2.11. The molecule has 0 saturated carbocycles. The Hall–Kier alpha value is -2.20. The molecule has 0 unspecified atom stereocenters. The van der Waals surface area contributed by atoms with Crippen LogP contribution in [0.25, 0.3) is 22.2 Å². The third-order valence-corrected chi connectivity index (χ3v) is 3.19. The van der Waals surface area contributed by atoms with Gasteiger partial charge in [0, 0.05) is 34.8 Å². The fourth-order valence-corrected chi connectivity index (χ4v) is 2.37. The second kappa shape index (κ2) is 4.82. The molecule has 0 bridgehead atoms. The number of rotatable bonds is 3. The van der Waals surface area contributed by atoms with E-state index in [0.717, 1.165) is 27.9 Å². The number of aromatic amines is 1. The van der Waals surface area contributed by atoms with Crippen molar-refractivity contribution in [1.29, 1.82) is 0 Å². The molecule has 2 aromatic heterocycles. The zero-order valence-corrected chi connectivity index (χ0v) is 10.7. The molecular formula is C15H15N3O. The molecule has 3 aromatic rings. The predicted octanol–water partition coefficient (Wildman–Crippen LogP) is 2.47. The van der Waals surface area contributed by atoms with Crippen LogP contribution in [0, 0.1) is 6.92 Å². The van der Waals surface area contributed by atoms with E-state index in [0.29, 0.717) is 12.2 Å². The number of H-pyrrole nitrogens is 1. The van der Waals surface area contributed by atoms with Crippen LogP contribution in [0.1, 0.15) is 11.5 Å². The summed E-state index contributed by atoms with van der Waals surface area (Å²) in [5.74, 6) is 0.671. The molecule has 19 heavy (non-hydrogen) atoms. The monoisotopic (exact) mass is 253 g/mol. The van der Waals surface area contributed by atoms with E-state index in [2.05, 4.69) is 27.1 Å². The quantitative estimate of drug-likeness (QED) is 0.753. The number of para-hydroxylation sites is 1. The summed E-state index contributed by atoms with van der Waals surface area (Å²) in [5.41, 5.74) is 4.21. The molecule has 0 spiro atoms. The molecule has 0 aliphatic rings. The minimum absolute atomic E-state index is 0.0658. The Kier molecular flexibility index (Phi) is 3.01. The average molecular weight is 253 g/mol. The van der Waals surface area contributed by atoms with Crippen LogP contribution in [-0.2, 0) is 6.42 Å². The molecule has 2 N–H and O–H groups in total. The summed E-state index contributed by atoms with van der Waals surface area (Å²) in [6.45, 7) is 2.11. The summed E-state index contributed by atoms with van der Waals surface area (Å²) in [5, 5.41) is 10.1. The van der Waals surface area contributed by atoms with Crippen LogP contribution in [-0.4, -0.2) is 26.7 Å². The van der Waals surface area contributed by atoms with E-state index in [1.165, 1.54) is 0 Å². The van der Waals surface area contributed by atoms with Crippen LogP contribution in [0.15, 0.2) is 36.5 Å². The van der Waals surface area contributed by atoms with Crippen LogP contribution in [0.2, 0.25) is 0 Å². The van der Waals surface area contributed by atoms with Gasteiger partial charge in [-0.05, 0) is 19.1 Å². The highest BCUT2D eigenvalue weighted by molar-refractivity contribution is 5.96. The molecule has 1 aromatic carbocycles. The van der Waals surface area contributed by atoms with Crippen molar-refractivity contribution in [3.05, 3.63) is 48.0 Å². The van der Waals surface area contributed by atoms with Gasteiger partial charge in [0.1, 0.15) is 5.82 Å². The number of nitrogens with one attached hydrogen (secondary N) is 1. The van der Waals surface area contributed by atoms with Crippen LogP contribution >= 0.6 is 0 Å². The predicted molar refractivity (Wildman–Crippen MR) is 74.9 cm³/mol. The van der Waals surface area contributed by atoms with E-state index in [1.54, 1.807) is 6.20 Å². The topological polar surface area (TPSA) is 61.8 Å². The average Bonchev–Trinajstić information content (AvgIpc) is 2.75. The largest absolute Gasteiger partial charge is 0.396 e. The number of fused-ring (bicyclic) bond motifs is 1. The van der Waals surface area contributed by atoms with Crippen molar-refractivity contribution in [3.63, 3.8) is 0 Å². The first kappa shape index (κ1) is 11.9. The zero-order chi connectivity index (χ0) is 13.2. The Labute approximate surface area is 111 Å². The Morgan fingerprint density at radius 2 is 2.05 bits per heavy atom. The molecule has 0 amide bonds. The highest BCUT2D eigenvalue weighted by atomic mass is 16.3. The number of aliphatic hydroxyl groups excluding tert-OH is 1. The molecule has 0 aliphatic heterocycles. The van der Waals surface area contributed by atoms with Crippen molar-refractivity contribution in [3.8, 4) is 11.3 Å². The fraction of sp³-hybridized carbons (Fsp3) is 0.200. The summed E-state index contributed by atoms with van der Waals surface area (Å²) < 4.78 is 0. The van der Waals surface area contributed by atoms with E-state index in [9.17, 15) is 0 Å². The molecule has 96 valence electrons. The van der Waals surface area contributed by atoms with Crippen LogP contribution in [0.5, 0.6) is 0 Å². The van der Waals surface area contributed by atoms with Gasteiger partial charge in [0.2, 0.25) is 0 Å². The Morgan fingerprint density at radius 3 is 2.89 bits per heavy atom. The van der Waals surface area contributed by atoms with Crippen LogP contribution in [0.3, 0.4) is 0 Å². The lowest BCUT2D eigenvalue weighted by Crippen LogP contribution is -1.99. The van der Waals surface area contributed by atoms with E-state index in [4.69, 9.17) is 5.11 Å². The summed E-state index contributed by atoms with van der Waals surface area (Å²) >= 11 is 0. The number of nitrogens with zero attached hydrogens (tertiary/aromatic N) is 2. The maximum Gasteiger partial charge on any atom is 0.131 e. The maximum absolute atomic E-state index is 8.98. The van der Waals surface area contributed by atoms with Crippen molar-refractivity contribution < 1.29 is 5.11 Å². The van der Waals surface area contributed by atoms with Gasteiger partial charge in [-0.2, -0.15) is 0 Å². The van der Waals surface area contributed by atoms with E-state index >= 15 is 0 Å². The first-order valence-corrected chi connectivity index (χ1v) is 6.30. The molecule has 0 aliphatic carbocycles. The fourth-order valence-electron chi connectivity index (χ4n) is 2.37. The summed E-state index contributed by atoms with van der Waals surface area (Å²) in [4.78, 5) is 12.1. The SMILES string of the molecule is Cc1[nH]c2ccccc2c1-c1ccnc(CCO)n1. The Balaban J connectivity index is 2.18. The molecule has 0 saturated heterocycles. The van der Waals surface area contributed by atoms with Gasteiger partial charge in [-0.15, -0.1) is 0 Å². The number of aliphatic hydroxyl groups is 1. The maximum atomic E-state index is 8.98. The second-order valence-corrected chi connectivity index (χ2v) is 4.50. The van der Waals surface area contributed by atoms with Crippen molar-refractivity contribution in [2.45, 2.75) is 13.3 Å². The zero-order valence-electron chi connectivity index (χ0n) is 10.7. The molecule has 2 heterocycles. The van der Waals surface area contributed by atoms with E-state index in [1.807, 2.05) is 25.1 Å². The third-order valence-electron chi connectivity index (χ3n) is 3.19. The standard InChI is InChI=1S/C15H15N3O/c1-10-15(11-4-2-3-5-12(11)17-10)13-6-8-16-14(18-13)7-9-19/h2-6,8,17,19H,7,9H2,1H3. The number of hydrogen-bond acceptors (Lipinski definition) is 3. The van der Waals surface area contributed by atoms with Crippen molar-refractivity contribution >= 4 is 10.9 Å². The highest BCUT2D eigenvalue weighted by Gasteiger charge is 2.11. The van der Waals surface area contributed by atoms with Gasteiger partial charge in [-0.25, -0.2) is 9.97 Å². The summed E-state index contributed by atoms with van der Waals surface area (Å²) in [6.07, 6.45) is 2.23. The van der Waals surface area contributed by atoms with Crippen molar-refractivity contribution in [1.82, 2.24) is 15.0 Å². The lowest BCUT2D eigenvalue weighted by molar-refractivity contribution is 0.296. The molecule has 0 fully saturated rings. The van der Waals surface area contributed by atoms with Gasteiger partial charge in [0.25, 0.3) is 0 Å². The van der Waals surface area contributed by atoms with E-state index < -0.39 is 0 Å². The molecule has 4 heteroatoms. The Morgan fingerprint density at radius 1 is 1.21 bits per heavy atom. The molecule has 0 atom stereocenters. The summed E-state index contributed by atoms with van der Waals surface area (Å²) in [7, 11) is 0. The van der Waals surface area contributed by atoms with Crippen LogP contribution in [0.4, 0.5) is 0 Å². The van der Waals surface area contributed by atoms with Gasteiger partial charge < -0.3 is 10.1 Å². The highest BCUT2D eigenvalue weighted by Crippen LogP contribution is 2.30. The van der Waals surface area contributed by atoms with Gasteiger partial charge in [0.15, 0.2) is 0 Å². The minimum atomic E-state index is 0.0658. The van der Waals surface area contributed by atoms with Gasteiger partial charge >= 0.3 is 0 Å². The number of hydrogen-bond donors (Lipinski definition) is 2. The van der Waals surface area contributed by atoms with E-state index in [-0.39, 0.29) is 6.61 Å². The first-order valence-electron chi connectivity index (χ1n) is 6.30. The van der Waals surface area contributed by atoms with Crippen molar-refractivity contribution in [2.24, 2.45) is 0 Å². The summed E-state index contributed by atoms with van der Waals surface area (Å²) in [6, 6.07) is 10.1. The number of benzene rings is 1. The number of aryl methyl sites for hydroxylation is 1. The lowest BCUT2D eigenvalue weighted by atomic mass is 10.1. The van der Waals surface area contributed by atoms with Crippen molar-refractivity contribution in [2.75, 3.05) is 6.61 Å². The van der Waals surface area contributed by atoms with Gasteiger partial charge in [-0.1, -0.05) is 18.2 Å². The molecular weight excluding hydrogens is 238 g/mol. The first-order chi connectivity index (χ1) is 9.29. The second-order valence-electron chi connectivity index (χ2n) is 4.50. The molecule has 0 radical (unpaired) electrons. The lowest BCUT2D eigenvalue weighted by Gasteiger charge is -2.03. The Bertz CT molecular complexity index is 718. The van der Waals surface area contributed by atoms with Gasteiger partial charge in [-0.3, -0.25) is 0 Å². The minimum Gasteiger partial charge on any atom is -0.396 e. The van der Waals surface area contributed by atoms with Crippen LogP contribution < -0.4 is 0 Å². The number of aromatic nitrogens is 3. The molecule has 4 nitrogen and oxygen atoms in total. The smallest absolute Gasteiger partial charge is 0.131 e.